The molecule has 1 amide bonds. The van der Waals surface area contributed by atoms with Crippen LogP contribution < -0.4 is 16.5 Å². The molecule has 1 aliphatic rings. The van der Waals surface area contributed by atoms with Crippen LogP contribution in [0.1, 0.15) is 29.6 Å². The number of aromatic amines is 1. The molecule has 1 aliphatic carbocycles. The van der Waals surface area contributed by atoms with Gasteiger partial charge in [-0.2, -0.15) is 0 Å². The number of nitrogens with one attached hydrogen (secondary N) is 2. The van der Waals surface area contributed by atoms with Crippen LogP contribution in [0.4, 0.5) is 0 Å². The van der Waals surface area contributed by atoms with Gasteiger partial charge in [-0.05, 0) is 19.3 Å². The number of hydrogen-bond acceptors (Lipinski definition) is 3. The topological polar surface area (TPSA) is 88.0 Å². The summed E-state index contributed by atoms with van der Waals surface area (Å²) in [6.07, 6.45) is 5.87. The van der Waals surface area contributed by atoms with Crippen molar-refractivity contribution in [2.24, 2.45) is 5.73 Å². The predicted molar refractivity (Wildman–Crippen MR) is 60.2 cm³/mol. The maximum absolute atomic E-state index is 11.7. The fourth-order valence-electron chi connectivity index (χ4n) is 1.75. The summed E-state index contributed by atoms with van der Waals surface area (Å²) in [6.45, 7) is 0.431. The summed E-state index contributed by atoms with van der Waals surface area (Å²) in [5.74, 6) is -0.362. The molecule has 0 saturated heterocycles. The fraction of sp³-hybridized carbons (Fsp3) is 0.455. The van der Waals surface area contributed by atoms with Crippen LogP contribution >= 0.6 is 0 Å². The molecule has 1 heterocycles. The van der Waals surface area contributed by atoms with E-state index in [4.69, 9.17) is 5.73 Å². The molecule has 0 bridgehead atoms. The van der Waals surface area contributed by atoms with Gasteiger partial charge < -0.3 is 16.0 Å². The van der Waals surface area contributed by atoms with Gasteiger partial charge in [-0.25, -0.2) is 0 Å². The minimum atomic E-state index is -0.362. The minimum Gasteiger partial charge on any atom is -0.367 e. The number of rotatable bonds is 3. The zero-order valence-corrected chi connectivity index (χ0v) is 8.95. The van der Waals surface area contributed by atoms with E-state index in [2.05, 4.69) is 10.3 Å². The number of nitrogens with two attached hydrogens (primary N) is 1. The Labute approximate surface area is 93.0 Å². The second-order valence-corrected chi connectivity index (χ2v) is 4.32. The molecule has 0 spiro atoms. The molecule has 5 heteroatoms. The van der Waals surface area contributed by atoms with Crippen LogP contribution in [-0.4, -0.2) is 23.0 Å². The highest BCUT2D eigenvalue weighted by Gasteiger charge is 2.32. The Morgan fingerprint density at radius 1 is 1.56 bits per heavy atom. The monoisotopic (exact) mass is 221 g/mol. The number of hydrogen-bond donors (Lipinski definition) is 3. The van der Waals surface area contributed by atoms with Gasteiger partial charge in [-0.15, -0.1) is 0 Å². The first kappa shape index (κ1) is 10.9. The Morgan fingerprint density at radius 3 is 2.88 bits per heavy atom. The quantitative estimate of drug-likeness (QED) is 0.670. The van der Waals surface area contributed by atoms with Gasteiger partial charge in [0.15, 0.2) is 5.43 Å². The Morgan fingerprint density at radius 2 is 2.31 bits per heavy atom. The second-order valence-electron chi connectivity index (χ2n) is 4.32. The van der Waals surface area contributed by atoms with Gasteiger partial charge in [0.2, 0.25) is 0 Å². The number of H-pyrrole nitrogens is 1. The van der Waals surface area contributed by atoms with Crippen molar-refractivity contribution in [2.45, 2.75) is 24.8 Å². The van der Waals surface area contributed by atoms with E-state index in [9.17, 15) is 9.59 Å². The van der Waals surface area contributed by atoms with Crippen molar-refractivity contribution in [3.8, 4) is 0 Å². The molecule has 0 unspecified atom stereocenters. The van der Waals surface area contributed by atoms with Gasteiger partial charge >= 0.3 is 0 Å². The summed E-state index contributed by atoms with van der Waals surface area (Å²) in [6, 6.07) is 1.33. The maximum atomic E-state index is 11.7. The lowest BCUT2D eigenvalue weighted by atomic mass is 9.78. The number of pyridine rings is 1. The molecule has 2 rings (SSSR count). The van der Waals surface area contributed by atoms with Gasteiger partial charge in [-0.3, -0.25) is 9.59 Å². The summed E-state index contributed by atoms with van der Waals surface area (Å²) >= 11 is 0. The molecule has 0 atom stereocenters. The predicted octanol–water partition coefficient (Wildman–Crippen LogP) is -0.0139. The normalized spacial score (nSPS) is 17.6. The van der Waals surface area contributed by atoms with E-state index >= 15 is 0 Å². The first-order chi connectivity index (χ1) is 7.61. The smallest absolute Gasteiger partial charge is 0.256 e. The van der Waals surface area contributed by atoms with E-state index in [0.29, 0.717) is 6.54 Å². The molecule has 1 saturated carbocycles. The lowest BCUT2D eigenvalue weighted by Crippen LogP contribution is -2.55. The third-order valence-corrected chi connectivity index (χ3v) is 3.02. The van der Waals surface area contributed by atoms with Gasteiger partial charge in [0.05, 0.1) is 0 Å². The first-order valence-corrected chi connectivity index (χ1v) is 5.35. The summed E-state index contributed by atoms with van der Waals surface area (Å²) < 4.78 is 0. The highest BCUT2D eigenvalue weighted by atomic mass is 16.2. The van der Waals surface area contributed by atoms with Crippen molar-refractivity contribution in [3.05, 3.63) is 34.2 Å². The van der Waals surface area contributed by atoms with Crippen LogP contribution in [0.2, 0.25) is 0 Å². The summed E-state index contributed by atoms with van der Waals surface area (Å²) in [5, 5.41) is 2.70. The van der Waals surface area contributed by atoms with Crippen LogP contribution in [-0.2, 0) is 0 Å². The molecule has 5 nitrogen and oxygen atoms in total. The average Bonchev–Trinajstić information content (AvgIpc) is 2.24. The van der Waals surface area contributed by atoms with Crippen LogP contribution in [0.15, 0.2) is 23.3 Å². The second kappa shape index (κ2) is 4.09. The number of amides is 1. The first-order valence-electron chi connectivity index (χ1n) is 5.35. The van der Waals surface area contributed by atoms with Crippen molar-refractivity contribution in [2.75, 3.05) is 6.54 Å². The maximum Gasteiger partial charge on any atom is 0.256 e. The van der Waals surface area contributed by atoms with E-state index in [1.165, 1.54) is 18.5 Å². The molecular weight excluding hydrogens is 206 g/mol. The molecule has 4 N–H and O–H groups in total. The van der Waals surface area contributed by atoms with Crippen molar-refractivity contribution >= 4 is 5.91 Å². The molecule has 1 aromatic rings. The lowest BCUT2D eigenvalue weighted by molar-refractivity contribution is 0.0928. The minimum absolute atomic E-state index is 0.130. The van der Waals surface area contributed by atoms with E-state index in [0.717, 1.165) is 19.3 Å². The zero-order valence-electron chi connectivity index (χ0n) is 8.95. The summed E-state index contributed by atoms with van der Waals surface area (Å²) in [5.41, 5.74) is 5.55. The van der Waals surface area contributed by atoms with Crippen molar-refractivity contribution in [1.82, 2.24) is 10.3 Å². The van der Waals surface area contributed by atoms with Crippen LogP contribution in [0.5, 0.6) is 0 Å². The van der Waals surface area contributed by atoms with E-state index in [1.54, 1.807) is 0 Å². The Kier molecular flexibility index (Phi) is 2.78. The Balaban J connectivity index is 1.98. The van der Waals surface area contributed by atoms with Crippen LogP contribution in [0, 0.1) is 0 Å². The van der Waals surface area contributed by atoms with Gasteiger partial charge in [0.1, 0.15) is 5.56 Å². The van der Waals surface area contributed by atoms with Crippen molar-refractivity contribution in [1.29, 1.82) is 0 Å². The molecule has 0 aliphatic heterocycles. The van der Waals surface area contributed by atoms with E-state index < -0.39 is 0 Å². The number of aromatic nitrogens is 1. The van der Waals surface area contributed by atoms with Gasteiger partial charge in [0.25, 0.3) is 5.91 Å². The molecule has 16 heavy (non-hydrogen) atoms. The summed E-state index contributed by atoms with van der Waals surface area (Å²) in [7, 11) is 0. The van der Waals surface area contributed by atoms with Gasteiger partial charge in [0, 0.05) is 30.5 Å². The van der Waals surface area contributed by atoms with E-state index in [1.807, 2.05) is 0 Å². The molecule has 0 aromatic carbocycles. The number of carbonyl (C=O) groups excluding carboxylic acids is 1. The Hall–Kier alpha value is -1.62. The van der Waals surface area contributed by atoms with Crippen LogP contribution in [0.3, 0.4) is 0 Å². The average molecular weight is 221 g/mol. The third-order valence-electron chi connectivity index (χ3n) is 3.02. The fourth-order valence-corrected chi connectivity index (χ4v) is 1.75. The van der Waals surface area contributed by atoms with Crippen molar-refractivity contribution < 1.29 is 4.79 Å². The highest BCUT2D eigenvalue weighted by Crippen LogP contribution is 2.27. The number of carbonyl (C=O) groups is 1. The molecule has 0 radical (unpaired) electrons. The van der Waals surface area contributed by atoms with Crippen LogP contribution in [0.25, 0.3) is 0 Å². The van der Waals surface area contributed by atoms with Crippen molar-refractivity contribution in [3.63, 3.8) is 0 Å². The summed E-state index contributed by atoms with van der Waals surface area (Å²) in [4.78, 5) is 25.7. The lowest BCUT2D eigenvalue weighted by Gasteiger charge is -2.38. The highest BCUT2D eigenvalue weighted by molar-refractivity contribution is 5.93. The molecular formula is C11H15N3O2. The SMILES string of the molecule is NC1(CNC(=O)c2c[nH]ccc2=O)CCC1. The Bertz CT molecular complexity index is 449. The van der Waals surface area contributed by atoms with E-state index in [-0.39, 0.29) is 22.4 Å². The van der Waals surface area contributed by atoms with Gasteiger partial charge in [-0.1, -0.05) is 0 Å². The zero-order chi connectivity index (χ0) is 11.6. The standard InChI is InChI=1S/C11H15N3O2/c12-11(3-1-4-11)7-14-10(16)8-6-13-5-2-9(8)15/h2,5-6H,1,3-4,7,12H2,(H,13,15)(H,14,16). The molecule has 86 valence electrons. The molecule has 1 fully saturated rings. The largest absolute Gasteiger partial charge is 0.367 e. The third kappa shape index (κ3) is 2.14. The molecule has 1 aromatic heterocycles.